The molecule has 2 aromatic rings. The lowest BCUT2D eigenvalue weighted by atomic mass is 10.1. The number of hydrogen-bond donors (Lipinski definition) is 0. The molecule has 0 spiro atoms. The Balaban J connectivity index is 0.000000980. The lowest BCUT2D eigenvalue weighted by Gasteiger charge is -1.96. The third-order valence-corrected chi connectivity index (χ3v) is 2.85. The van der Waals surface area contributed by atoms with Gasteiger partial charge in [0.25, 0.3) is 0 Å². The quantitative estimate of drug-likeness (QED) is 0.684. The second-order valence-corrected chi connectivity index (χ2v) is 4.38. The highest BCUT2D eigenvalue weighted by molar-refractivity contribution is 7.14. The van der Waals surface area contributed by atoms with Crippen LogP contribution in [0, 0.1) is 13.8 Å². The van der Waals surface area contributed by atoms with Gasteiger partial charge in [0.15, 0.2) is 0 Å². The van der Waals surface area contributed by atoms with E-state index in [-0.39, 0.29) is 7.43 Å². The van der Waals surface area contributed by atoms with Gasteiger partial charge >= 0.3 is 0 Å². The largest absolute Gasteiger partial charge is 0.244 e. The predicted molar refractivity (Wildman–Crippen MR) is 63.8 cm³/mol. The van der Waals surface area contributed by atoms with Crippen LogP contribution in [0.5, 0.6) is 0 Å². The summed E-state index contributed by atoms with van der Waals surface area (Å²) in [6.07, 6.45) is 1.92. The van der Waals surface area contributed by atoms with E-state index in [0.29, 0.717) is 0 Å². The van der Waals surface area contributed by atoms with Crippen molar-refractivity contribution in [3.63, 3.8) is 0 Å². The number of benzene rings is 1. The van der Waals surface area contributed by atoms with Gasteiger partial charge in [0.05, 0.1) is 0 Å². The van der Waals surface area contributed by atoms with Crippen molar-refractivity contribution in [2.75, 3.05) is 0 Å². The zero-order valence-corrected chi connectivity index (χ0v) is 8.56. The molecule has 0 saturated heterocycles. The highest BCUT2D eigenvalue weighted by Gasteiger charge is 2.01. The SMILES string of the molecule is C.Cc1cccc(-c2ncc(C)s2)c1. The van der Waals surface area contributed by atoms with Crippen molar-refractivity contribution in [1.82, 2.24) is 4.98 Å². The van der Waals surface area contributed by atoms with Gasteiger partial charge in [-0.2, -0.15) is 0 Å². The molecule has 0 unspecified atom stereocenters. The topological polar surface area (TPSA) is 12.9 Å². The van der Waals surface area contributed by atoms with E-state index >= 15 is 0 Å². The van der Waals surface area contributed by atoms with Crippen LogP contribution in [0.25, 0.3) is 10.6 Å². The molecule has 0 amide bonds. The maximum Gasteiger partial charge on any atom is 0.123 e. The molecule has 0 saturated carbocycles. The molecule has 1 aromatic carbocycles. The third kappa shape index (κ3) is 2.20. The van der Waals surface area contributed by atoms with Crippen LogP contribution in [0.1, 0.15) is 17.9 Å². The van der Waals surface area contributed by atoms with Crippen molar-refractivity contribution in [2.45, 2.75) is 21.3 Å². The average molecular weight is 205 g/mol. The summed E-state index contributed by atoms with van der Waals surface area (Å²) in [5.41, 5.74) is 2.50. The van der Waals surface area contributed by atoms with Crippen LogP contribution >= 0.6 is 11.3 Å². The molecule has 1 nitrogen and oxygen atoms in total. The van der Waals surface area contributed by atoms with Gasteiger partial charge in [0.1, 0.15) is 5.01 Å². The van der Waals surface area contributed by atoms with E-state index in [0.717, 1.165) is 5.01 Å². The van der Waals surface area contributed by atoms with Gasteiger partial charge in [0.2, 0.25) is 0 Å². The molecule has 0 radical (unpaired) electrons. The number of rotatable bonds is 1. The summed E-state index contributed by atoms with van der Waals surface area (Å²) < 4.78 is 0. The summed E-state index contributed by atoms with van der Waals surface area (Å²) in [5, 5.41) is 1.11. The van der Waals surface area contributed by atoms with Gasteiger partial charge < -0.3 is 0 Å². The zero-order chi connectivity index (χ0) is 9.26. The van der Waals surface area contributed by atoms with Crippen molar-refractivity contribution in [3.8, 4) is 10.6 Å². The van der Waals surface area contributed by atoms with Crippen molar-refractivity contribution in [2.24, 2.45) is 0 Å². The Labute approximate surface area is 89.4 Å². The molecular weight excluding hydrogens is 190 g/mol. The monoisotopic (exact) mass is 205 g/mol. The maximum absolute atomic E-state index is 4.35. The van der Waals surface area contributed by atoms with E-state index in [2.05, 4.69) is 43.1 Å². The van der Waals surface area contributed by atoms with E-state index < -0.39 is 0 Å². The van der Waals surface area contributed by atoms with Crippen LogP contribution in [0.15, 0.2) is 30.5 Å². The molecule has 0 N–H and O–H groups in total. The molecular formula is C12H15NS. The number of thiazole rings is 1. The zero-order valence-electron chi connectivity index (χ0n) is 7.74. The molecule has 1 aromatic heterocycles. The average Bonchev–Trinajstić information content (AvgIpc) is 2.52. The number of nitrogens with zero attached hydrogens (tertiary/aromatic N) is 1. The normalized spacial score (nSPS) is 9.57. The first kappa shape index (κ1) is 10.9. The fraction of sp³-hybridized carbons (Fsp3) is 0.250. The molecule has 14 heavy (non-hydrogen) atoms. The summed E-state index contributed by atoms with van der Waals surface area (Å²) in [6, 6.07) is 8.44. The molecule has 74 valence electrons. The first-order valence-corrected chi connectivity index (χ1v) is 5.07. The van der Waals surface area contributed by atoms with Gasteiger partial charge in [-0.15, -0.1) is 11.3 Å². The molecule has 2 heteroatoms. The fourth-order valence-corrected chi connectivity index (χ4v) is 2.03. The van der Waals surface area contributed by atoms with Crippen LogP contribution in [0.4, 0.5) is 0 Å². The summed E-state index contributed by atoms with van der Waals surface area (Å²) in [5.74, 6) is 0. The third-order valence-electron chi connectivity index (χ3n) is 1.89. The lowest BCUT2D eigenvalue weighted by molar-refractivity contribution is 1.37. The van der Waals surface area contributed by atoms with E-state index in [1.807, 2.05) is 6.20 Å². The smallest absolute Gasteiger partial charge is 0.123 e. The Morgan fingerprint density at radius 3 is 2.57 bits per heavy atom. The minimum atomic E-state index is 0. The van der Waals surface area contributed by atoms with Crippen LogP contribution in [0.3, 0.4) is 0 Å². The Morgan fingerprint density at radius 1 is 1.21 bits per heavy atom. The number of aryl methyl sites for hydroxylation is 2. The van der Waals surface area contributed by atoms with Crippen molar-refractivity contribution >= 4 is 11.3 Å². The van der Waals surface area contributed by atoms with Crippen LogP contribution in [-0.4, -0.2) is 4.98 Å². The van der Waals surface area contributed by atoms with E-state index in [1.165, 1.54) is 16.0 Å². The van der Waals surface area contributed by atoms with Crippen LogP contribution < -0.4 is 0 Å². The predicted octanol–water partition coefficient (Wildman–Crippen LogP) is 4.06. The van der Waals surface area contributed by atoms with Gasteiger partial charge in [-0.05, 0) is 19.9 Å². The van der Waals surface area contributed by atoms with Crippen molar-refractivity contribution < 1.29 is 0 Å². The molecule has 0 atom stereocenters. The minimum absolute atomic E-state index is 0. The molecule has 1 heterocycles. The molecule has 0 aliphatic heterocycles. The minimum Gasteiger partial charge on any atom is -0.244 e. The summed E-state index contributed by atoms with van der Waals surface area (Å²) in [6.45, 7) is 4.18. The van der Waals surface area contributed by atoms with Gasteiger partial charge in [0, 0.05) is 16.6 Å². The summed E-state index contributed by atoms with van der Waals surface area (Å²) in [7, 11) is 0. The molecule has 0 bridgehead atoms. The van der Waals surface area contributed by atoms with Crippen molar-refractivity contribution in [3.05, 3.63) is 40.9 Å². The standard InChI is InChI=1S/C11H11NS.CH4/c1-8-4-3-5-10(6-8)11-12-7-9(2)13-11;/h3-7H,1-2H3;1H4. The number of aromatic nitrogens is 1. The van der Waals surface area contributed by atoms with Gasteiger partial charge in [-0.1, -0.05) is 31.2 Å². The van der Waals surface area contributed by atoms with Crippen LogP contribution in [-0.2, 0) is 0 Å². The van der Waals surface area contributed by atoms with Crippen molar-refractivity contribution in [1.29, 1.82) is 0 Å². The maximum atomic E-state index is 4.35. The lowest BCUT2D eigenvalue weighted by Crippen LogP contribution is -1.76. The van der Waals surface area contributed by atoms with Gasteiger partial charge in [-0.25, -0.2) is 4.98 Å². The highest BCUT2D eigenvalue weighted by Crippen LogP contribution is 2.24. The molecule has 0 aliphatic rings. The highest BCUT2D eigenvalue weighted by atomic mass is 32.1. The molecule has 0 fully saturated rings. The van der Waals surface area contributed by atoms with Crippen LogP contribution in [0.2, 0.25) is 0 Å². The van der Waals surface area contributed by atoms with E-state index in [1.54, 1.807) is 11.3 Å². The summed E-state index contributed by atoms with van der Waals surface area (Å²) >= 11 is 1.74. The van der Waals surface area contributed by atoms with Gasteiger partial charge in [-0.3, -0.25) is 0 Å². The molecule has 0 aliphatic carbocycles. The Hall–Kier alpha value is -1.15. The van der Waals surface area contributed by atoms with E-state index in [4.69, 9.17) is 0 Å². The van der Waals surface area contributed by atoms with E-state index in [9.17, 15) is 0 Å². The summed E-state index contributed by atoms with van der Waals surface area (Å²) in [4.78, 5) is 5.61. The second kappa shape index (κ2) is 4.38. The fourth-order valence-electron chi connectivity index (χ4n) is 1.27. The second-order valence-electron chi connectivity index (χ2n) is 3.15. The first-order valence-electron chi connectivity index (χ1n) is 4.25. The number of hydrogen-bond acceptors (Lipinski definition) is 2. The first-order chi connectivity index (χ1) is 6.25. The Morgan fingerprint density at radius 2 is 2.00 bits per heavy atom. The molecule has 2 rings (SSSR count). The Bertz CT molecular complexity index is 418. The Kier molecular flexibility index (Phi) is 3.42.